The van der Waals surface area contributed by atoms with E-state index in [0.29, 0.717) is 24.5 Å². The largest absolute Gasteiger partial charge is 0.438 e. The van der Waals surface area contributed by atoms with Crippen molar-refractivity contribution in [2.45, 2.75) is 0 Å². The molecule has 1 heterocycles. The second-order valence-corrected chi connectivity index (χ2v) is 2.71. The van der Waals surface area contributed by atoms with Crippen molar-refractivity contribution in [1.29, 1.82) is 0 Å². The fraction of sp³-hybridized carbons (Fsp3) is 0.444. The van der Waals surface area contributed by atoms with Crippen molar-refractivity contribution < 1.29 is 13.9 Å². The number of rotatable bonds is 5. The van der Waals surface area contributed by atoms with E-state index in [4.69, 9.17) is 9.15 Å². The molecule has 0 aliphatic carbocycles. The standard InChI is InChI=1S/C9H13NO3/c1-10(5-6-12-2)9-4-3-8(7-11)13-9/h3-4,7H,5-6H2,1-2H3. The molecule has 0 unspecified atom stereocenters. The van der Waals surface area contributed by atoms with Gasteiger partial charge in [-0.05, 0) is 6.07 Å². The third kappa shape index (κ3) is 2.59. The zero-order valence-electron chi connectivity index (χ0n) is 7.82. The van der Waals surface area contributed by atoms with Crippen LogP contribution in [-0.4, -0.2) is 33.6 Å². The molecule has 0 saturated carbocycles. The van der Waals surface area contributed by atoms with Crippen LogP contribution in [-0.2, 0) is 4.74 Å². The van der Waals surface area contributed by atoms with Gasteiger partial charge in [0.25, 0.3) is 0 Å². The number of hydrogen-bond donors (Lipinski definition) is 0. The second kappa shape index (κ2) is 4.67. The van der Waals surface area contributed by atoms with Crippen LogP contribution in [0.5, 0.6) is 0 Å². The van der Waals surface area contributed by atoms with E-state index in [1.807, 2.05) is 11.9 Å². The van der Waals surface area contributed by atoms with Crippen LogP contribution in [0.4, 0.5) is 5.88 Å². The van der Waals surface area contributed by atoms with Crippen molar-refractivity contribution in [2.75, 3.05) is 32.2 Å². The Kier molecular flexibility index (Phi) is 3.52. The van der Waals surface area contributed by atoms with Gasteiger partial charge in [0.2, 0.25) is 0 Å². The van der Waals surface area contributed by atoms with Crippen LogP contribution in [0, 0.1) is 0 Å². The molecule has 1 rings (SSSR count). The Balaban J connectivity index is 2.54. The van der Waals surface area contributed by atoms with Gasteiger partial charge in [-0.1, -0.05) is 0 Å². The third-order valence-electron chi connectivity index (χ3n) is 1.74. The highest BCUT2D eigenvalue weighted by atomic mass is 16.5. The Morgan fingerprint density at radius 1 is 1.62 bits per heavy atom. The van der Waals surface area contributed by atoms with Crippen molar-refractivity contribution in [3.8, 4) is 0 Å². The third-order valence-corrected chi connectivity index (χ3v) is 1.74. The zero-order valence-corrected chi connectivity index (χ0v) is 7.82. The predicted octanol–water partition coefficient (Wildman–Crippen LogP) is 1.17. The van der Waals surface area contributed by atoms with E-state index in [1.54, 1.807) is 19.2 Å². The minimum atomic E-state index is 0.347. The van der Waals surface area contributed by atoms with Crippen molar-refractivity contribution in [2.24, 2.45) is 0 Å². The van der Waals surface area contributed by atoms with Gasteiger partial charge >= 0.3 is 0 Å². The molecule has 0 radical (unpaired) electrons. The molecule has 1 aromatic rings. The lowest BCUT2D eigenvalue weighted by molar-refractivity contribution is 0.110. The van der Waals surface area contributed by atoms with Gasteiger partial charge in [-0.2, -0.15) is 0 Å². The zero-order chi connectivity index (χ0) is 9.68. The first kappa shape index (κ1) is 9.80. The molecular formula is C9H13NO3. The minimum Gasteiger partial charge on any atom is -0.438 e. The predicted molar refractivity (Wildman–Crippen MR) is 49.2 cm³/mol. The summed E-state index contributed by atoms with van der Waals surface area (Å²) in [6.45, 7) is 1.37. The number of ether oxygens (including phenoxy) is 1. The lowest BCUT2D eigenvalue weighted by Gasteiger charge is -2.14. The molecule has 0 fully saturated rings. The topological polar surface area (TPSA) is 42.7 Å². The maximum Gasteiger partial charge on any atom is 0.196 e. The lowest BCUT2D eigenvalue weighted by Crippen LogP contribution is -2.21. The molecule has 0 aliphatic rings. The normalized spacial score (nSPS) is 10.0. The molecule has 0 N–H and O–H groups in total. The second-order valence-electron chi connectivity index (χ2n) is 2.71. The molecule has 0 aliphatic heterocycles. The number of nitrogens with zero attached hydrogens (tertiary/aromatic N) is 1. The van der Waals surface area contributed by atoms with E-state index in [-0.39, 0.29) is 0 Å². The fourth-order valence-electron chi connectivity index (χ4n) is 0.949. The number of methoxy groups -OCH3 is 1. The highest BCUT2D eigenvalue weighted by Gasteiger charge is 2.05. The van der Waals surface area contributed by atoms with Crippen molar-refractivity contribution in [3.63, 3.8) is 0 Å². The number of carbonyl (C=O) groups excluding carboxylic acids is 1. The van der Waals surface area contributed by atoms with E-state index >= 15 is 0 Å². The molecular weight excluding hydrogens is 170 g/mol. The van der Waals surface area contributed by atoms with Gasteiger partial charge in [-0.3, -0.25) is 4.79 Å². The summed E-state index contributed by atoms with van der Waals surface area (Å²) in [7, 11) is 3.53. The number of anilines is 1. The molecule has 4 heteroatoms. The van der Waals surface area contributed by atoms with Gasteiger partial charge in [-0.25, -0.2) is 0 Å². The van der Waals surface area contributed by atoms with Crippen LogP contribution in [0.1, 0.15) is 10.6 Å². The SMILES string of the molecule is COCCN(C)c1ccc(C=O)o1. The average Bonchev–Trinajstić information content (AvgIpc) is 2.62. The Labute approximate surface area is 77.1 Å². The summed E-state index contributed by atoms with van der Waals surface area (Å²) in [5.41, 5.74) is 0. The van der Waals surface area contributed by atoms with Crippen LogP contribution >= 0.6 is 0 Å². The van der Waals surface area contributed by atoms with E-state index in [1.165, 1.54) is 0 Å². The van der Waals surface area contributed by atoms with Crippen LogP contribution in [0.15, 0.2) is 16.5 Å². The van der Waals surface area contributed by atoms with Crippen molar-refractivity contribution in [1.82, 2.24) is 0 Å². The molecule has 72 valence electrons. The van der Waals surface area contributed by atoms with Gasteiger partial charge in [0.05, 0.1) is 6.61 Å². The quantitative estimate of drug-likeness (QED) is 0.643. The minimum absolute atomic E-state index is 0.347. The average molecular weight is 183 g/mol. The van der Waals surface area contributed by atoms with Gasteiger partial charge in [0.15, 0.2) is 17.9 Å². The molecule has 0 spiro atoms. The first-order valence-corrected chi connectivity index (χ1v) is 4.03. The summed E-state index contributed by atoms with van der Waals surface area (Å²) < 4.78 is 10.1. The molecule has 0 atom stereocenters. The highest BCUT2D eigenvalue weighted by molar-refractivity contribution is 5.71. The van der Waals surface area contributed by atoms with Crippen LogP contribution in [0.3, 0.4) is 0 Å². The van der Waals surface area contributed by atoms with E-state index in [9.17, 15) is 4.79 Å². The van der Waals surface area contributed by atoms with Gasteiger partial charge < -0.3 is 14.1 Å². The summed E-state index contributed by atoms with van der Waals surface area (Å²) in [5, 5.41) is 0. The van der Waals surface area contributed by atoms with E-state index in [2.05, 4.69) is 0 Å². The molecule has 0 bridgehead atoms. The smallest absolute Gasteiger partial charge is 0.196 e. The van der Waals surface area contributed by atoms with Gasteiger partial charge in [0.1, 0.15) is 0 Å². The van der Waals surface area contributed by atoms with Crippen LogP contribution < -0.4 is 4.90 Å². The van der Waals surface area contributed by atoms with Crippen LogP contribution in [0.2, 0.25) is 0 Å². The number of likely N-dealkylation sites (N-methyl/N-ethyl adjacent to an activating group) is 1. The number of hydrogen-bond acceptors (Lipinski definition) is 4. The Morgan fingerprint density at radius 3 is 2.92 bits per heavy atom. The van der Waals surface area contributed by atoms with Crippen LogP contribution in [0.25, 0.3) is 0 Å². The summed E-state index contributed by atoms with van der Waals surface area (Å²) in [6, 6.07) is 3.41. The van der Waals surface area contributed by atoms with E-state index in [0.717, 1.165) is 6.54 Å². The number of furan rings is 1. The number of aldehydes is 1. The van der Waals surface area contributed by atoms with Gasteiger partial charge in [0, 0.05) is 26.8 Å². The molecule has 13 heavy (non-hydrogen) atoms. The highest BCUT2D eigenvalue weighted by Crippen LogP contribution is 2.15. The molecule has 0 aromatic carbocycles. The maximum atomic E-state index is 10.3. The summed E-state index contributed by atoms with van der Waals surface area (Å²) in [5.74, 6) is 1.03. The summed E-state index contributed by atoms with van der Waals surface area (Å²) in [6.07, 6.45) is 0.688. The molecule has 1 aromatic heterocycles. The first-order valence-electron chi connectivity index (χ1n) is 4.03. The molecule has 4 nitrogen and oxygen atoms in total. The monoisotopic (exact) mass is 183 g/mol. The fourth-order valence-corrected chi connectivity index (χ4v) is 0.949. The van der Waals surface area contributed by atoms with Gasteiger partial charge in [-0.15, -0.1) is 0 Å². The maximum absolute atomic E-state index is 10.3. The Hall–Kier alpha value is -1.29. The molecule has 0 saturated heterocycles. The Morgan fingerprint density at radius 2 is 2.38 bits per heavy atom. The van der Waals surface area contributed by atoms with Crippen molar-refractivity contribution in [3.05, 3.63) is 17.9 Å². The summed E-state index contributed by atoms with van der Waals surface area (Å²) in [4.78, 5) is 12.2. The first-order chi connectivity index (χ1) is 6.27. The van der Waals surface area contributed by atoms with E-state index < -0.39 is 0 Å². The van der Waals surface area contributed by atoms with Crippen molar-refractivity contribution >= 4 is 12.2 Å². The Bertz CT molecular complexity index is 270. The summed E-state index contributed by atoms with van der Waals surface area (Å²) >= 11 is 0. The number of carbonyl (C=O) groups is 1. The lowest BCUT2D eigenvalue weighted by atomic mass is 10.5. The molecule has 0 amide bonds.